The first kappa shape index (κ1) is 12.8. The number of amides is 1. The minimum Gasteiger partial charge on any atom is -0.381 e. The molecule has 1 N–H and O–H groups in total. The molecule has 0 aromatic heterocycles. The van der Waals surface area contributed by atoms with Gasteiger partial charge in [-0.3, -0.25) is 4.79 Å². The van der Waals surface area contributed by atoms with E-state index in [-0.39, 0.29) is 5.92 Å². The summed E-state index contributed by atoms with van der Waals surface area (Å²) in [5.74, 6) is 1.58. The Labute approximate surface area is 104 Å². The highest BCUT2D eigenvalue weighted by atomic mass is 16.5. The van der Waals surface area contributed by atoms with Crippen LogP contribution in [0.4, 0.5) is 0 Å². The molecule has 98 valence electrons. The highest BCUT2D eigenvalue weighted by Crippen LogP contribution is 2.20. The molecule has 0 aliphatic carbocycles. The lowest BCUT2D eigenvalue weighted by Crippen LogP contribution is -2.51. The normalized spacial score (nSPS) is 26.6. The molecule has 0 spiro atoms. The summed E-state index contributed by atoms with van der Waals surface area (Å²) in [6, 6.07) is 0. The van der Waals surface area contributed by atoms with Gasteiger partial charge in [-0.2, -0.15) is 0 Å². The van der Waals surface area contributed by atoms with Gasteiger partial charge in [-0.05, 0) is 32.4 Å². The SMILES string of the molecule is CCN(CC1CCOC1)C(=O)C(C)C1CNC1. The van der Waals surface area contributed by atoms with E-state index in [1.165, 1.54) is 0 Å². The monoisotopic (exact) mass is 240 g/mol. The van der Waals surface area contributed by atoms with Crippen molar-refractivity contribution in [1.29, 1.82) is 0 Å². The first-order valence-corrected chi connectivity index (χ1v) is 6.79. The van der Waals surface area contributed by atoms with Gasteiger partial charge in [-0.25, -0.2) is 0 Å². The summed E-state index contributed by atoms with van der Waals surface area (Å²) in [7, 11) is 0. The third-order valence-electron chi connectivity index (χ3n) is 4.11. The van der Waals surface area contributed by atoms with Gasteiger partial charge in [0, 0.05) is 31.5 Å². The van der Waals surface area contributed by atoms with Crippen LogP contribution in [0.2, 0.25) is 0 Å². The van der Waals surface area contributed by atoms with Crippen LogP contribution in [0.25, 0.3) is 0 Å². The molecule has 0 aromatic carbocycles. The van der Waals surface area contributed by atoms with Gasteiger partial charge >= 0.3 is 0 Å². The van der Waals surface area contributed by atoms with Crippen molar-refractivity contribution in [3.8, 4) is 0 Å². The van der Waals surface area contributed by atoms with Crippen LogP contribution >= 0.6 is 0 Å². The number of nitrogens with one attached hydrogen (secondary N) is 1. The van der Waals surface area contributed by atoms with Gasteiger partial charge in [0.15, 0.2) is 0 Å². The number of nitrogens with zero attached hydrogens (tertiary/aromatic N) is 1. The maximum Gasteiger partial charge on any atom is 0.225 e. The van der Waals surface area contributed by atoms with E-state index in [9.17, 15) is 4.79 Å². The maximum atomic E-state index is 12.4. The largest absolute Gasteiger partial charge is 0.381 e. The fraction of sp³-hybridized carbons (Fsp3) is 0.923. The van der Waals surface area contributed by atoms with Crippen molar-refractivity contribution in [2.24, 2.45) is 17.8 Å². The van der Waals surface area contributed by atoms with Crippen LogP contribution < -0.4 is 5.32 Å². The highest BCUT2D eigenvalue weighted by Gasteiger charge is 2.32. The molecule has 2 rings (SSSR count). The first-order chi connectivity index (χ1) is 8.22. The molecule has 17 heavy (non-hydrogen) atoms. The molecular weight excluding hydrogens is 216 g/mol. The predicted molar refractivity (Wildman–Crippen MR) is 66.7 cm³/mol. The summed E-state index contributed by atoms with van der Waals surface area (Å²) in [5.41, 5.74) is 0. The molecule has 1 amide bonds. The Morgan fingerprint density at radius 1 is 1.53 bits per heavy atom. The molecule has 2 fully saturated rings. The summed E-state index contributed by atoms with van der Waals surface area (Å²) < 4.78 is 5.37. The Morgan fingerprint density at radius 3 is 2.76 bits per heavy atom. The number of rotatable bonds is 5. The van der Waals surface area contributed by atoms with Gasteiger partial charge in [0.1, 0.15) is 0 Å². The Balaban J connectivity index is 1.84. The van der Waals surface area contributed by atoms with E-state index in [1.807, 2.05) is 4.90 Å². The minimum absolute atomic E-state index is 0.165. The summed E-state index contributed by atoms with van der Waals surface area (Å²) in [4.78, 5) is 14.4. The third kappa shape index (κ3) is 2.99. The van der Waals surface area contributed by atoms with Crippen molar-refractivity contribution < 1.29 is 9.53 Å². The molecule has 0 aromatic rings. The third-order valence-corrected chi connectivity index (χ3v) is 4.11. The predicted octanol–water partition coefficient (Wildman–Crippen LogP) is 0.727. The van der Waals surface area contributed by atoms with E-state index < -0.39 is 0 Å². The second-order valence-electron chi connectivity index (χ2n) is 5.31. The highest BCUT2D eigenvalue weighted by molar-refractivity contribution is 5.79. The van der Waals surface area contributed by atoms with Gasteiger partial charge in [0.25, 0.3) is 0 Å². The average molecular weight is 240 g/mol. The maximum absolute atomic E-state index is 12.4. The Kier molecular flexibility index (Phi) is 4.40. The quantitative estimate of drug-likeness (QED) is 0.770. The summed E-state index contributed by atoms with van der Waals surface area (Å²) in [6.07, 6.45) is 1.10. The van der Waals surface area contributed by atoms with Crippen LogP contribution in [0, 0.1) is 17.8 Å². The molecule has 0 bridgehead atoms. The van der Waals surface area contributed by atoms with Gasteiger partial charge in [0.05, 0.1) is 6.61 Å². The molecule has 2 heterocycles. The van der Waals surface area contributed by atoms with Crippen molar-refractivity contribution in [2.75, 3.05) is 39.4 Å². The lowest BCUT2D eigenvalue weighted by molar-refractivity contribution is -0.137. The van der Waals surface area contributed by atoms with E-state index in [1.54, 1.807) is 0 Å². The molecule has 0 saturated carbocycles. The molecule has 0 radical (unpaired) electrons. The number of ether oxygens (including phenoxy) is 1. The molecule has 2 atom stereocenters. The fourth-order valence-corrected chi connectivity index (χ4v) is 2.57. The second kappa shape index (κ2) is 5.83. The Morgan fingerprint density at radius 2 is 2.29 bits per heavy atom. The molecule has 2 saturated heterocycles. The summed E-state index contributed by atoms with van der Waals surface area (Å²) >= 11 is 0. The van der Waals surface area contributed by atoms with Crippen molar-refractivity contribution in [1.82, 2.24) is 10.2 Å². The van der Waals surface area contributed by atoms with Crippen LogP contribution in [-0.4, -0.2) is 50.2 Å². The zero-order chi connectivity index (χ0) is 12.3. The average Bonchev–Trinajstić information content (AvgIpc) is 2.75. The standard InChI is InChI=1S/C13H24N2O2/c1-3-15(8-11-4-5-17-9-11)13(16)10(2)12-6-14-7-12/h10-12,14H,3-9H2,1-2H3. The van der Waals surface area contributed by atoms with Crippen molar-refractivity contribution in [2.45, 2.75) is 20.3 Å². The zero-order valence-electron chi connectivity index (χ0n) is 10.9. The summed E-state index contributed by atoms with van der Waals surface area (Å²) in [6.45, 7) is 9.51. The molecule has 4 nitrogen and oxygen atoms in total. The summed E-state index contributed by atoms with van der Waals surface area (Å²) in [5, 5.41) is 3.24. The molecule has 4 heteroatoms. The first-order valence-electron chi connectivity index (χ1n) is 6.79. The van der Waals surface area contributed by atoms with Crippen LogP contribution in [0.5, 0.6) is 0 Å². The van der Waals surface area contributed by atoms with E-state index in [0.717, 1.165) is 45.8 Å². The lowest BCUT2D eigenvalue weighted by atomic mass is 9.87. The van der Waals surface area contributed by atoms with Gasteiger partial charge in [-0.15, -0.1) is 0 Å². The second-order valence-corrected chi connectivity index (χ2v) is 5.31. The fourth-order valence-electron chi connectivity index (χ4n) is 2.57. The van der Waals surface area contributed by atoms with Crippen LogP contribution in [-0.2, 0) is 9.53 Å². The van der Waals surface area contributed by atoms with E-state index in [4.69, 9.17) is 4.74 Å². The number of hydrogen-bond acceptors (Lipinski definition) is 3. The van der Waals surface area contributed by atoms with E-state index >= 15 is 0 Å². The Bertz CT molecular complexity index is 260. The van der Waals surface area contributed by atoms with Crippen molar-refractivity contribution in [3.63, 3.8) is 0 Å². The van der Waals surface area contributed by atoms with Gasteiger partial charge < -0.3 is 15.0 Å². The van der Waals surface area contributed by atoms with Gasteiger partial charge in [-0.1, -0.05) is 6.92 Å². The molecule has 2 aliphatic heterocycles. The van der Waals surface area contributed by atoms with Crippen LogP contribution in [0.15, 0.2) is 0 Å². The number of carbonyl (C=O) groups excluding carboxylic acids is 1. The van der Waals surface area contributed by atoms with E-state index in [0.29, 0.717) is 17.7 Å². The van der Waals surface area contributed by atoms with E-state index in [2.05, 4.69) is 19.2 Å². The van der Waals surface area contributed by atoms with Crippen molar-refractivity contribution in [3.05, 3.63) is 0 Å². The van der Waals surface area contributed by atoms with Gasteiger partial charge in [0.2, 0.25) is 5.91 Å². The topological polar surface area (TPSA) is 41.6 Å². The number of hydrogen-bond donors (Lipinski definition) is 1. The zero-order valence-corrected chi connectivity index (χ0v) is 10.9. The molecule has 2 unspecified atom stereocenters. The van der Waals surface area contributed by atoms with Crippen molar-refractivity contribution >= 4 is 5.91 Å². The van der Waals surface area contributed by atoms with Crippen LogP contribution in [0.1, 0.15) is 20.3 Å². The Hall–Kier alpha value is -0.610. The molecule has 2 aliphatic rings. The smallest absolute Gasteiger partial charge is 0.225 e. The number of carbonyl (C=O) groups is 1. The van der Waals surface area contributed by atoms with Crippen LogP contribution in [0.3, 0.4) is 0 Å². The minimum atomic E-state index is 0.165. The molecular formula is C13H24N2O2. The lowest BCUT2D eigenvalue weighted by Gasteiger charge is -2.35.